The Hall–Kier alpha value is -0.550. The minimum Gasteiger partial charge on any atom is -0.302 e. The van der Waals surface area contributed by atoms with Crippen LogP contribution in [-0.4, -0.2) is 12.7 Å². The van der Waals surface area contributed by atoms with E-state index in [0.29, 0.717) is 13.0 Å². The third-order valence-corrected chi connectivity index (χ3v) is 2.66. The van der Waals surface area contributed by atoms with Gasteiger partial charge in [-0.3, -0.25) is 0 Å². The fourth-order valence-corrected chi connectivity index (χ4v) is 1.63. The van der Waals surface area contributed by atoms with Gasteiger partial charge >= 0.3 is 6.18 Å². The first-order valence-electron chi connectivity index (χ1n) is 5.00. The number of nitrogens with one attached hydrogen (secondary N) is 1. The van der Waals surface area contributed by atoms with Gasteiger partial charge in [-0.1, -0.05) is 35.0 Å². The number of hydrogen-bond donors (Lipinski definition) is 1. The number of rotatable bonds is 4. The molecule has 0 amide bonds. The van der Waals surface area contributed by atoms with Crippen LogP contribution in [0.5, 0.6) is 0 Å². The Morgan fingerprint density at radius 2 is 1.81 bits per heavy atom. The van der Waals surface area contributed by atoms with E-state index in [1.165, 1.54) is 12.1 Å². The van der Waals surface area contributed by atoms with Crippen LogP contribution in [0.25, 0.3) is 0 Å². The summed E-state index contributed by atoms with van der Waals surface area (Å²) in [4.78, 5) is 0. The zero-order valence-electron chi connectivity index (χ0n) is 8.81. The zero-order chi connectivity index (χ0) is 12.2. The van der Waals surface area contributed by atoms with E-state index < -0.39 is 12.2 Å². The minimum atomic E-state index is -4.26. The maximum atomic E-state index is 12.8. The quantitative estimate of drug-likeness (QED) is 0.883. The van der Waals surface area contributed by atoms with Crippen molar-refractivity contribution in [3.05, 3.63) is 34.3 Å². The molecule has 0 unspecified atom stereocenters. The van der Waals surface area contributed by atoms with E-state index in [1.807, 2.05) is 6.92 Å². The largest absolute Gasteiger partial charge is 0.407 e. The van der Waals surface area contributed by atoms with Crippen LogP contribution in [0.3, 0.4) is 0 Å². The monoisotopic (exact) mass is 295 g/mol. The summed E-state index contributed by atoms with van der Waals surface area (Å²) in [7, 11) is 0. The van der Waals surface area contributed by atoms with Crippen molar-refractivity contribution in [2.45, 2.75) is 25.6 Å². The molecule has 1 atom stereocenters. The van der Waals surface area contributed by atoms with Crippen LogP contribution in [0.15, 0.2) is 28.7 Å². The maximum Gasteiger partial charge on any atom is 0.407 e. The summed E-state index contributed by atoms with van der Waals surface area (Å²) in [6, 6.07) is 4.60. The highest BCUT2D eigenvalue weighted by atomic mass is 79.9. The summed E-state index contributed by atoms with van der Waals surface area (Å²) in [6.45, 7) is 2.18. The second-order valence-electron chi connectivity index (χ2n) is 3.48. The van der Waals surface area contributed by atoms with Crippen LogP contribution < -0.4 is 5.32 Å². The molecule has 1 nitrogen and oxygen atoms in total. The fourth-order valence-electron chi connectivity index (χ4n) is 1.37. The molecule has 0 aliphatic carbocycles. The standard InChI is InChI=1S/C11H13BrF3N/c1-2-7-16-10(11(13,14)15)8-3-5-9(12)6-4-8/h3-6,10,16H,2,7H2,1H3/t10-/m0/s1. The molecule has 5 heteroatoms. The van der Waals surface area contributed by atoms with Crippen molar-refractivity contribution < 1.29 is 13.2 Å². The Kier molecular flexibility index (Phi) is 4.80. The van der Waals surface area contributed by atoms with Gasteiger partial charge in [-0.05, 0) is 30.7 Å². The van der Waals surface area contributed by atoms with Crippen molar-refractivity contribution >= 4 is 15.9 Å². The van der Waals surface area contributed by atoms with Gasteiger partial charge in [-0.15, -0.1) is 0 Å². The highest BCUT2D eigenvalue weighted by molar-refractivity contribution is 9.10. The van der Waals surface area contributed by atoms with Gasteiger partial charge < -0.3 is 5.32 Å². The van der Waals surface area contributed by atoms with Crippen molar-refractivity contribution in [2.75, 3.05) is 6.54 Å². The minimum absolute atomic E-state index is 0.240. The topological polar surface area (TPSA) is 12.0 Å². The molecule has 90 valence electrons. The molecule has 0 spiro atoms. The Morgan fingerprint density at radius 3 is 2.25 bits per heavy atom. The Balaban J connectivity index is 2.88. The predicted octanol–water partition coefficient (Wildman–Crippen LogP) is 4.05. The zero-order valence-corrected chi connectivity index (χ0v) is 10.4. The van der Waals surface area contributed by atoms with E-state index in [-0.39, 0.29) is 5.56 Å². The first-order chi connectivity index (χ1) is 7.45. The van der Waals surface area contributed by atoms with E-state index in [9.17, 15) is 13.2 Å². The molecule has 1 N–H and O–H groups in total. The van der Waals surface area contributed by atoms with Gasteiger partial charge in [0.1, 0.15) is 6.04 Å². The van der Waals surface area contributed by atoms with Crippen LogP contribution in [0, 0.1) is 0 Å². The molecule has 16 heavy (non-hydrogen) atoms. The van der Waals surface area contributed by atoms with Crippen LogP contribution in [0.2, 0.25) is 0 Å². The molecule has 0 saturated heterocycles. The average molecular weight is 296 g/mol. The summed E-state index contributed by atoms with van der Waals surface area (Å²) in [5, 5.41) is 2.50. The lowest BCUT2D eigenvalue weighted by Gasteiger charge is -2.21. The Morgan fingerprint density at radius 1 is 1.25 bits per heavy atom. The summed E-state index contributed by atoms with van der Waals surface area (Å²) in [5.74, 6) is 0. The predicted molar refractivity (Wildman–Crippen MR) is 61.2 cm³/mol. The number of alkyl halides is 3. The highest BCUT2D eigenvalue weighted by Crippen LogP contribution is 2.33. The molecule has 0 aliphatic rings. The lowest BCUT2D eigenvalue weighted by Crippen LogP contribution is -2.34. The van der Waals surface area contributed by atoms with E-state index >= 15 is 0 Å². The molecule has 0 saturated carbocycles. The number of halogens is 4. The van der Waals surface area contributed by atoms with Crippen molar-refractivity contribution in [3.63, 3.8) is 0 Å². The molecule has 1 rings (SSSR count). The number of benzene rings is 1. The van der Waals surface area contributed by atoms with E-state index in [4.69, 9.17) is 0 Å². The van der Waals surface area contributed by atoms with E-state index in [1.54, 1.807) is 12.1 Å². The SMILES string of the molecule is CCCN[C@@H](c1ccc(Br)cc1)C(F)(F)F. The molecule has 0 radical (unpaired) electrons. The molecule has 1 aromatic carbocycles. The summed E-state index contributed by atoms with van der Waals surface area (Å²) in [5.41, 5.74) is 0.240. The molecule has 0 heterocycles. The molecule has 0 aromatic heterocycles. The molecule has 0 bridgehead atoms. The Labute approximate surface area is 101 Å². The van der Waals surface area contributed by atoms with Crippen LogP contribution in [-0.2, 0) is 0 Å². The van der Waals surface area contributed by atoms with E-state index in [2.05, 4.69) is 21.2 Å². The van der Waals surface area contributed by atoms with Crippen LogP contribution in [0.1, 0.15) is 24.9 Å². The summed E-state index contributed by atoms with van der Waals surface area (Å²) >= 11 is 3.20. The summed E-state index contributed by atoms with van der Waals surface area (Å²) in [6.07, 6.45) is -3.59. The smallest absolute Gasteiger partial charge is 0.302 e. The maximum absolute atomic E-state index is 12.8. The Bertz CT molecular complexity index is 321. The fraction of sp³-hybridized carbons (Fsp3) is 0.455. The first-order valence-corrected chi connectivity index (χ1v) is 5.80. The van der Waals surface area contributed by atoms with Crippen LogP contribution >= 0.6 is 15.9 Å². The van der Waals surface area contributed by atoms with Crippen molar-refractivity contribution in [2.24, 2.45) is 0 Å². The second kappa shape index (κ2) is 5.68. The molecule has 1 aromatic rings. The van der Waals surface area contributed by atoms with Crippen molar-refractivity contribution in [1.82, 2.24) is 5.32 Å². The molecular weight excluding hydrogens is 283 g/mol. The van der Waals surface area contributed by atoms with E-state index in [0.717, 1.165) is 4.47 Å². The number of hydrogen-bond acceptors (Lipinski definition) is 1. The van der Waals surface area contributed by atoms with Gasteiger partial charge in [0.05, 0.1) is 0 Å². The highest BCUT2D eigenvalue weighted by Gasteiger charge is 2.40. The van der Waals surface area contributed by atoms with Gasteiger partial charge in [0, 0.05) is 4.47 Å². The molecule has 0 fully saturated rings. The second-order valence-corrected chi connectivity index (χ2v) is 4.40. The third-order valence-electron chi connectivity index (χ3n) is 2.13. The van der Waals surface area contributed by atoms with Gasteiger partial charge in [-0.2, -0.15) is 13.2 Å². The van der Waals surface area contributed by atoms with Crippen molar-refractivity contribution in [3.8, 4) is 0 Å². The van der Waals surface area contributed by atoms with Crippen molar-refractivity contribution in [1.29, 1.82) is 0 Å². The van der Waals surface area contributed by atoms with Gasteiger partial charge in [0.15, 0.2) is 0 Å². The first kappa shape index (κ1) is 13.5. The van der Waals surface area contributed by atoms with Gasteiger partial charge in [0.2, 0.25) is 0 Å². The lowest BCUT2D eigenvalue weighted by molar-refractivity contribution is -0.157. The average Bonchev–Trinajstić information content (AvgIpc) is 2.19. The van der Waals surface area contributed by atoms with Gasteiger partial charge in [-0.25, -0.2) is 0 Å². The summed E-state index contributed by atoms with van der Waals surface area (Å²) < 4.78 is 39.0. The molecular formula is C11H13BrF3N. The normalized spacial score (nSPS) is 13.8. The molecule has 0 aliphatic heterocycles. The van der Waals surface area contributed by atoms with Crippen LogP contribution in [0.4, 0.5) is 13.2 Å². The lowest BCUT2D eigenvalue weighted by atomic mass is 10.1. The third kappa shape index (κ3) is 3.79. The van der Waals surface area contributed by atoms with Gasteiger partial charge in [0.25, 0.3) is 0 Å².